The molecule has 0 aliphatic carbocycles. The summed E-state index contributed by atoms with van der Waals surface area (Å²) in [6.07, 6.45) is 2.32. The van der Waals surface area contributed by atoms with Crippen molar-refractivity contribution in [1.82, 2.24) is 5.32 Å². The summed E-state index contributed by atoms with van der Waals surface area (Å²) < 4.78 is 5.09. The number of carboxylic acid groups (broad SMARTS) is 1. The molecule has 1 aromatic rings. The van der Waals surface area contributed by atoms with E-state index in [1.165, 1.54) is 0 Å². The van der Waals surface area contributed by atoms with E-state index in [0.717, 1.165) is 5.76 Å². The summed E-state index contributed by atoms with van der Waals surface area (Å²) >= 11 is 0. The zero-order chi connectivity index (χ0) is 9.68. The van der Waals surface area contributed by atoms with Gasteiger partial charge in [0.2, 0.25) is 0 Å². The predicted octanol–water partition coefficient (Wildman–Crippen LogP) is 0.885. The quantitative estimate of drug-likeness (QED) is 0.711. The van der Waals surface area contributed by atoms with Crippen LogP contribution in [0.15, 0.2) is 22.8 Å². The molecular weight excluding hydrogens is 170 g/mol. The molecule has 0 bridgehead atoms. The van der Waals surface area contributed by atoms with Crippen molar-refractivity contribution in [1.29, 1.82) is 0 Å². The van der Waals surface area contributed by atoms with Crippen molar-refractivity contribution in [3.63, 3.8) is 0 Å². The molecule has 1 aromatic heterocycles. The Bertz CT molecular complexity index is 256. The highest BCUT2D eigenvalue weighted by molar-refractivity contribution is 5.72. The summed E-state index contributed by atoms with van der Waals surface area (Å²) in [5, 5.41) is 11.4. The Morgan fingerprint density at radius 1 is 1.77 bits per heavy atom. The van der Waals surface area contributed by atoms with Gasteiger partial charge in [-0.2, -0.15) is 0 Å². The summed E-state index contributed by atoms with van der Waals surface area (Å²) in [5.74, 6) is 0.0320. The van der Waals surface area contributed by atoms with Crippen LogP contribution in [0.5, 0.6) is 0 Å². The maximum Gasteiger partial charge on any atom is 0.320 e. The van der Waals surface area contributed by atoms with Gasteiger partial charge in [0.25, 0.3) is 0 Å². The molecule has 1 rings (SSSR count). The predicted molar refractivity (Wildman–Crippen MR) is 47.5 cm³/mol. The summed E-state index contributed by atoms with van der Waals surface area (Å²) in [7, 11) is 0. The standard InChI is InChI=1S/C9H13NO3/c1-7(9(11)12)10-5-4-8-3-2-6-13-8/h2-3,6-7,10H,4-5H2,1H3,(H,11,12). The Labute approximate surface area is 76.6 Å². The maximum absolute atomic E-state index is 10.4. The molecule has 4 heteroatoms. The van der Waals surface area contributed by atoms with Gasteiger partial charge >= 0.3 is 5.97 Å². The van der Waals surface area contributed by atoms with E-state index in [-0.39, 0.29) is 0 Å². The molecule has 0 fully saturated rings. The number of nitrogens with one attached hydrogen (secondary N) is 1. The maximum atomic E-state index is 10.4. The smallest absolute Gasteiger partial charge is 0.320 e. The number of hydrogen-bond donors (Lipinski definition) is 2. The van der Waals surface area contributed by atoms with Crippen molar-refractivity contribution in [2.45, 2.75) is 19.4 Å². The van der Waals surface area contributed by atoms with Crippen LogP contribution in [-0.4, -0.2) is 23.7 Å². The second-order valence-electron chi connectivity index (χ2n) is 2.84. The largest absolute Gasteiger partial charge is 0.480 e. The minimum Gasteiger partial charge on any atom is -0.480 e. The second kappa shape index (κ2) is 4.67. The molecule has 0 spiro atoms. The van der Waals surface area contributed by atoms with Crippen molar-refractivity contribution in [3.05, 3.63) is 24.2 Å². The first-order chi connectivity index (χ1) is 6.20. The van der Waals surface area contributed by atoms with Gasteiger partial charge in [-0.1, -0.05) is 0 Å². The lowest BCUT2D eigenvalue weighted by Crippen LogP contribution is -2.34. The van der Waals surface area contributed by atoms with Crippen LogP contribution >= 0.6 is 0 Å². The average molecular weight is 183 g/mol. The number of carbonyl (C=O) groups is 1. The van der Waals surface area contributed by atoms with Gasteiger partial charge in [0.15, 0.2) is 0 Å². The van der Waals surface area contributed by atoms with Gasteiger partial charge < -0.3 is 14.8 Å². The highest BCUT2D eigenvalue weighted by atomic mass is 16.4. The SMILES string of the molecule is CC(NCCc1ccco1)C(=O)O. The molecule has 1 atom stereocenters. The molecule has 13 heavy (non-hydrogen) atoms. The summed E-state index contributed by atoms with van der Waals surface area (Å²) in [6.45, 7) is 2.23. The third-order valence-electron chi connectivity index (χ3n) is 1.77. The Balaban J connectivity index is 2.18. The third-order valence-corrected chi connectivity index (χ3v) is 1.77. The summed E-state index contributed by atoms with van der Waals surface area (Å²) in [4.78, 5) is 10.4. The molecule has 0 saturated heterocycles. The zero-order valence-electron chi connectivity index (χ0n) is 7.49. The molecule has 72 valence electrons. The topological polar surface area (TPSA) is 62.5 Å². The highest BCUT2D eigenvalue weighted by Crippen LogP contribution is 1.99. The van der Waals surface area contributed by atoms with E-state index in [4.69, 9.17) is 9.52 Å². The normalized spacial score (nSPS) is 12.7. The molecular formula is C9H13NO3. The van der Waals surface area contributed by atoms with Crippen LogP contribution in [0.25, 0.3) is 0 Å². The Morgan fingerprint density at radius 3 is 3.08 bits per heavy atom. The Hall–Kier alpha value is -1.29. The summed E-state index contributed by atoms with van der Waals surface area (Å²) in [6, 6.07) is 3.18. The van der Waals surface area contributed by atoms with Crippen LogP contribution in [0.3, 0.4) is 0 Å². The van der Waals surface area contributed by atoms with Crippen LogP contribution in [0.1, 0.15) is 12.7 Å². The number of hydrogen-bond acceptors (Lipinski definition) is 3. The molecule has 0 saturated carbocycles. The van der Waals surface area contributed by atoms with Crippen molar-refractivity contribution in [2.75, 3.05) is 6.54 Å². The number of aliphatic carboxylic acids is 1. The first-order valence-electron chi connectivity index (χ1n) is 4.18. The molecule has 0 amide bonds. The molecule has 0 aliphatic rings. The lowest BCUT2D eigenvalue weighted by molar-refractivity contribution is -0.138. The van der Waals surface area contributed by atoms with Crippen LogP contribution in [0.2, 0.25) is 0 Å². The molecule has 2 N–H and O–H groups in total. The van der Waals surface area contributed by atoms with Crippen LogP contribution in [0, 0.1) is 0 Å². The first-order valence-corrected chi connectivity index (χ1v) is 4.18. The van der Waals surface area contributed by atoms with Crippen molar-refractivity contribution >= 4 is 5.97 Å². The zero-order valence-corrected chi connectivity index (χ0v) is 7.49. The molecule has 0 aromatic carbocycles. The lowest BCUT2D eigenvalue weighted by atomic mass is 10.3. The fourth-order valence-electron chi connectivity index (χ4n) is 0.954. The first kappa shape index (κ1) is 9.80. The number of carboxylic acids is 1. The van der Waals surface area contributed by atoms with Crippen LogP contribution in [0.4, 0.5) is 0 Å². The fraction of sp³-hybridized carbons (Fsp3) is 0.444. The van der Waals surface area contributed by atoms with E-state index < -0.39 is 12.0 Å². The highest BCUT2D eigenvalue weighted by Gasteiger charge is 2.08. The van der Waals surface area contributed by atoms with Gasteiger partial charge in [0.1, 0.15) is 11.8 Å². The molecule has 1 unspecified atom stereocenters. The Morgan fingerprint density at radius 2 is 2.54 bits per heavy atom. The molecule has 0 aliphatic heterocycles. The van der Waals surface area contributed by atoms with E-state index in [2.05, 4.69) is 5.32 Å². The number of rotatable bonds is 5. The van der Waals surface area contributed by atoms with Crippen molar-refractivity contribution < 1.29 is 14.3 Å². The van der Waals surface area contributed by atoms with Gasteiger partial charge in [-0.15, -0.1) is 0 Å². The average Bonchev–Trinajstić information content (AvgIpc) is 2.56. The van der Waals surface area contributed by atoms with E-state index in [9.17, 15) is 4.79 Å². The van der Waals surface area contributed by atoms with Crippen LogP contribution < -0.4 is 5.32 Å². The lowest BCUT2D eigenvalue weighted by Gasteiger charge is -2.06. The van der Waals surface area contributed by atoms with Gasteiger partial charge in [-0.25, -0.2) is 0 Å². The minimum atomic E-state index is -0.834. The van der Waals surface area contributed by atoms with E-state index in [1.54, 1.807) is 13.2 Å². The Kier molecular flexibility index (Phi) is 3.52. The van der Waals surface area contributed by atoms with E-state index in [0.29, 0.717) is 13.0 Å². The van der Waals surface area contributed by atoms with Crippen molar-refractivity contribution in [2.24, 2.45) is 0 Å². The van der Waals surface area contributed by atoms with Crippen molar-refractivity contribution in [3.8, 4) is 0 Å². The molecule has 4 nitrogen and oxygen atoms in total. The van der Waals surface area contributed by atoms with E-state index >= 15 is 0 Å². The minimum absolute atomic E-state index is 0.505. The molecule has 0 radical (unpaired) electrons. The third kappa shape index (κ3) is 3.29. The van der Waals surface area contributed by atoms with Gasteiger partial charge in [0.05, 0.1) is 6.26 Å². The summed E-state index contributed by atoms with van der Waals surface area (Å²) in [5.41, 5.74) is 0. The fourth-order valence-corrected chi connectivity index (χ4v) is 0.954. The van der Waals surface area contributed by atoms with E-state index in [1.807, 2.05) is 12.1 Å². The molecule has 1 heterocycles. The van der Waals surface area contributed by atoms with Gasteiger partial charge in [0, 0.05) is 13.0 Å². The van der Waals surface area contributed by atoms with Gasteiger partial charge in [-0.05, 0) is 19.1 Å². The monoisotopic (exact) mass is 183 g/mol. The van der Waals surface area contributed by atoms with Gasteiger partial charge in [-0.3, -0.25) is 4.79 Å². The number of furan rings is 1. The van der Waals surface area contributed by atoms with Crippen LogP contribution in [-0.2, 0) is 11.2 Å². The second-order valence-corrected chi connectivity index (χ2v) is 2.84.